The molecule has 1 fully saturated rings. The van der Waals surface area contributed by atoms with E-state index >= 15 is 0 Å². The second kappa shape index (κ2) is 7.32. The summed E-state index contributed by atoms with van der Waals surface area (Å²) < 4.78 is 22.3. The monoisotopic (exact) mass is 332 g/mol. The van der Waals surface area contributed by atoms with Gasteiger partial charge in [-0.05, 0) is 19.0 Å². The van der Waals surface area contributed by atoms with Gasteiger partial charge in [0.25, 0.3) is 5.91 Å². The van der Waals surface area contributed by atoms with Crippen molar-refractivity contribution in [1.82, 2.24) is 15.5 Å². The molecule has 0 spiro atoms. The predicted molar refractivity (Wildman–Crippen MR) is 82.0 cm³/mol. The van der Waals surface area contributed by atoms with Gasteiger partial charge in [0.15, 0.2) is 0 Å². The fraction of sp³-hybridized carbons (Fsp3) is 0.583. The first-order chi connectivity index (χ1) is 9.97. The summed E-state index contributed by atoms with van der Waals surface area (Å²) in [6.45, 7) is 5.62. The van der Waals surface area contributed by atoms with Gasteiger partial charge in [-0.3, -0.25) is 4.79 Å². The summed E-state index contributed by atoms with van der Waals surface area (Å²) in [6.07, 6.45) is 0.873. The van der Waals surface area contributed by atoms with Crippen LogP contribution in [0.25, 0.3) is 0 Å². The lowest BCUT2D eigenvalue weighted by atomic mass is 10.3. The van der Waals surface area contributed by atoms with Gasteiger partial charge in [-0.15, -0.1) is 11.3 Å². The summed E-state index contributed by atoms with van der Waals surface area (Å²) in [5, 5.41) is 12.6. The number of rotatable bonds is 6. The Labute approximate surface area is 128 Å². The van der Waals surface area contributed by atoms with Crippen LogP contribution in [0.1, 0.15) is 16.8 Å². The number of thiophene rings is 1. The molecule has 1 amide bonds. The smallest absolute Gasteiger partial charge is 0.252 e. The quantitative estimate of drug-likeness (QED) is 0.605. The molecule has 4 N–H and O–H groups in total. The van der Waals surface area contributed by atoms with Gasteiger partial charge in [0.05, 0.1) is 5.56 Å². The summed E-state index contributed by atoms with van der Waals surface area (Å²) in [7, 11) is -3.73. The lowest BCUT2D eigenvalue weighted by Gasteiger charge is -2.27. The van der Waals surface area contributed by atoms with Gasteiger partial charge in [-0.25, -0.2) is 13.6 Å². The zero-order valence-corrected chi connectivity index (χ0v) is 13.3. The van der Waals surface area contributed by atoms with Crippen LogP contribution in [0.15, 0.2) is 15.7 Å². The number of nitrogens with zero attached hydrogens (tertiary/aromatic N) is 1. The Kier molecular flexibility index (Phi) is 5.71. The van der Waals surface area contributed by atoms with Gasteiger partial charge in [0.1, 0.15) is 4.21 Å². The zero-order chi connectivity index (χ0) is 15.3. The Morgan fingerprint density at radius 2 is 2.14 bits per heavy atom. The number of sulfonamides is 1. The lowest BCUT2D eigenvalue weighted by molar-refractivity contribution is 0.0951. The van der Waals surface area contributed by atoms with E-state index in [2.05, 4.69) is 15.5 Å². The highest BCUT2D eigenvalue weighted by molar-refractivity contribution is 7.91. The molecule has 0 unspecified atom stereocenters. The minimum absolute atomic E-state index is 0.00784. The molecule has 0 aliphatic carbocycles. The molecule has 0 saturated carbocycles. The second-order valence-electron chi connectivity index (χ2n) is 4.90. The van der Waals surface area contributed by atoms with Crippen LogP contribution in [0.2, 0.25) is 0 Å². The fourth-order valence-corrected chi connectivity index (χ4v) is 3.71. The lowest BCUT2D eigenvalue weighted by Crippen LogP contribution is -2.44. The van der Waals surface area contributed by atoms with Crippen molar-refractivity contribution in [2.24, 2.45) is 5.14 Å². The molecule has 1 aromatic heterocycles. The van der Waals surface area contributed by atoms with Gasteiger partial charge in [0.2, 0.25) is 10.0 Å². The highest BCUT2D eigenvalue weighted by atomic mass is 32.2. The molecule has 0 aromatic carbocycles. The Morgan fingerprint density at radius 3 is 2.76 bits per heavy atom. The minimum Gasteiger partial charge on any atom is -0.352 e. The predicted octanol–water partition coefficient (Wildman–Crippen LogP) is -0.579. The highest BCUT2D eigenvalue weighted by Gasteiger charge is 2.15. The van der Waals surface area contributed by atoms with Crippen LogP contribution >= 0.6 is 11.3 Å². The normalized spacial score (nSPS) is 16.8. The SMILES string of the molecule is NS(=O)(=O)c1cc(C(=O)NCCCN2CCNCC2)cs1. The Bertz CT molecular complexity index is 579. The number of carbonyl (C=O) groups is 1. The molecule has 1 aliphatic heterocycles. The third kappa shape index (κ3) is 5.04. The Balaban J connectivity index is 1.73. The number of primary sulfonamides is 1. The van der Waals surface area contributed by atoms with Crippen molar-refractivity contribution >= 4 is 27.3 Å². The average Bonchev–Trinajstić information content (AvgIpc) is 2.94. The molecular formula is C12H20N4O3S2. The summed E-state index contributed by atoms with van der Waals surface area (Å²) in [5.41, 5.74) is 0.339. The Morgan fingerprint density at radius 1 is 1.43 bits per heavy atom. The molecule has 1 saturated heterocycles. The number of nitrogens with one attached hydrogen (secondary N) is 2. The maximum atomic E-state index is 11.9. The molecule has 1 aliphatic rings. The molecule has 2 heterocycles. The van der Waals surface area contributed by atoms with E-state index in [1.54, 1.807) is 0 Å². The molecule has 2 rings (SSSR count). The highest BCUT2D eigenvalue weighted by Crippen LogP contribution is 2.18. The maximum Gasteiger partial charge on any atom is 0.252 e. The molecule has 0 atom stereocenters. The zero-order valence-electron chi connectivity index (χ0n) is 11.7. The first kappa shape index (κ1) is 16.4. The molecule has 118 valence electrons. The second-order valence-corrected chi connectivity index (χ2v) is 7.60. The Hall–Kier alpha value is -1.00. The fourth-order valence-electron chi connectivity index (χ4n) is 2.13. The summed E-state index contributed by atoms with van der Waals surface area (Å²) in [5.74, 6) is -0.263. The average molecular weight is 332 g/mol. The first-order valence-corrected chi connectivity index (χ1v) is 9.22. The minimum atomic E-state index is -3.73. The van der Waals surface area contributed by atoms with Gasteiger partial charge in [0, 0.05) is 38.1 Å². The topological polar surface area (TPSA) is 105 Å². The summed E-state index contributed by atoms with van der Waals surface area (Å²) in [6, 6.07) is 1.31. The van der Waals surface area contributed by atoms with E-state index in [0.717, 1.165) is 50.5 Å². The van der Waals surface area contributed by atoms with Crippen LogP contribution in [-0.4, -0.2) is 58.5 Å². The van der Waals surface area contributed by atoms with E-state index in [1.165, 1.54) is 11.4 Å². The van der Waals surface area contributed by atoms with Crippen molar-refractivity contribution in [2.75, 3.05) is 39.3 Å². The standard InChI is InChI=1S/C12H20N4O3S2/c13-21(18,19)11-8-10(9-20-11)12(17)15-2-1-5-16-6-3-14-4-7-16/h8-9,14H,1-7H2,(H,15,17)(H2,13,18,19). The molecule has 21 heavy (non-hydrogen) atoms. The van der Waals surface area contributed by atoms with Gasteiger partial charge in [-0.2, -0.15) is 0 Å². The largest absolute Gasteiger partial charge is 0.352 e. The van der Waals surface area contributed by atoms with E-state index in [4.69, 9.17) is 5.14 Å². The van der Waals surface area contributed by atoms with E-state index < -0.39 is 10.0 Å². The van der Waals surface area contributed by atoms with Gasteiger partial charge >= 0.3 is 0 Å². The van der Waals surface area contributed by atoms with Crippen LogP contribution in [0.5, 0.6) is 0 Å². The molecule has 0 radical (unpaired) electrons. The molecular weight excluding hydrogens is 312 g/mol. The van der Waals surface area contributed by atoms with Crippen molar-refractivity contribution in [3.8, 4) is 0 Å². The molecule has 0 bridgehead atoms. The van der Waals surface area contributed by atoms with Crippen LogP contribution in [-0.2, 0) is 10.0 Å². The molecule has 1 aromatic rings. The van der Waals surface area contributed by atoms with Crippen molar-refractivity contribution < 1.29 is 13.2 Å². The number of amides is 1. The van der Waals surface area contributed by atoms with E-state index in [9.17, 15) is 13.2 Å². The van der Waals surface area contributed by atoms with E-state index in [1.807, 2.05) is 0 Å². The van der Waals surface area contributed by atoms with Crippen LogP contribution < -0.4 is 15.8 Å². The maximum absolute atomic E-state index is 11.9. The van der Waals surface area contributed by atoms with E-state index in [-0.39, 0.29) is 10.1 Å². The number of hydrogen-bond donors (Lipinski definition) is 3. The third-order valence-electron chi connectivity index (χ3n) is 3.26. The van der Waals surface area contributed by atoms with E-state index in [0.29, 0.717) is 12.1 Å². The van der Waals surface area contributed by atoms with Gasteiger partial charge < -0.3 is 15.5 Å². The van der Waals surface area contributed by atoms with Crippen LogP contribution in [0.4, 0.5) is 0 Å². The third-order valence-corrected chi connectivity index (χ3v) is 5.65. The number of carbonyl (C=O) groups excluding carboxylic acids is 1. The van der Waals surface area contributed by atoms with Crippen molar-refractivity contribution in [1.29, 1.82) is 0 Å². The molecule has 7 nitrogen and oxygen atoms in total. The van der Waals surface area contributed by atoms with Crippen molar-refractivity contribution in [3.05, 3.63) is 17.0 Å². The molecule has 9 heteroatoms. The summed E-state index contributed by atoms with van der Waals surface area (Å²) >= 11 is 0.958. The van der Waals surface area contributed by atoms with Crippen molar-refractivity contribution in [3.63, 3.8) is 0 Å². The van der Waals surface area contributed by atoms with Crippen molar-refractivity contribution in [2.45, 2.75) is 10.6 Å². The summed E-state index contributed by atoms with van der Waals surface area (Å²) in [4.78, 5) is 14.2. The number of nitrogens with two attached hydrogens (primary N) is 1. The number of hydrogen-bond acceptors (Lipinski definition) is 6. The van der Waals surface area contributed by atoms with Gasteiger partial charge in [-0.1, -0.05) is 0 Å². The number of piperazine rings is 1. The first-order valence-electron chi connectivity index (χ1n) is 6.79. The van der Waals surface area contributed by atoms with Crippen LogP contribution in [0, 0.1) is 0 Å². The van der Waals surface area contributed by atoms with Crippen LogP contribution in [0.3, 0.4) is 0 Å².